The van der Waals surface area contributed by atoms with E-state index in [1.807, 2.05) is 6.92 Å². The van der Waals surface area contributed by atoms with Crippen LogP contribution in [-0.4, -0.2) is 44.6 Å². The van der Waals surface area contributed by atoms with Crippen LogP contribution in [0.25, 0.3) is 0 Å². The summed E-state index contributed by atoms with van der Waals surface area (Å²) in [6.07, 6.45) is 0.647. The van der Waals surface area contributed by atoms with E-state index in [0.29, 0.717) is 24.1 Å². The summed E-state index contributed by atoms with van der Waals surface area (Å²) in [6, 6.07) is 7.38. The van der Waals surface area contributed by atoms with Crippen LogP contribution in [0.5, 0.6) is 0 Å². The van der Waals surface area contributed by atoms with Crippen molar-refractivity contribution in [1.82, 2.24) is 4.90 Å². The Labute approximate surface area is 172 Å². The number of anilines is 1. The van der Waals surface area contributed by atoms with E-state index in [2.05, 4.69) is 5.32 Å². The highest BCUT2D eigenvalue weighted by molar-refractivity contribution is 7.91. The van der Waals surface area contributed by atoms with E-state index in [1.54, 1.807) is 4.90 Å². The summed E-state index contributed by atoms with van der Waals surface area (Å²) in [7, 11) is -3.59. The van der Waals surface area contributed by atoms with Crippen LogP contribution >= 0.6 is 11.6 Å². The minimum Gasteiger partial charge on any atom is -0.322 e. The van der Waals surface area contributed by atoms with Gasteiger partial charge in [0, 0.05) is 11.6 Å². The number of sulfone groups is 1. The number of carbonyl (C=O) groups excluding carboxylic acids is 1. The monoisotopic (exact) mass is 448 g/mol. The van der Waals surface area contributed by atoms with Crippen LogP contribution in [0.15, 0.2) is 41.3 Å². The van der Waals surface area contributed by atoms with Crippen LogP contribution in [0.2, 0.25) is 5.02 Å². The standard InChI is InChI=1S/C19H20ClF3N2O3S/c1-2-9-25(10-11-29(27,28)14-5-3-13(20)4-6-14)12-17(26)24-16-8-7-15(21)18(22)19(16)23/h3-8H,2,9-12H2,1H3,(H,24,26). The topological polar surface area (TPSA) is 66.5 Å². The van der Waals surface area contributed by atoms with Gasteiger partial charge in [-0.3, -0.25) is 9.69 Å². The molecule has 0 aliphatic carbocycles. The fourth-order valence-electron chi connectivity index (χ4n) is 2.61. The van der Waals surface area contributed by atoms with Crippen LogP contribution < -0.4 is 5.32 Å². The Morgan fingerprint density at radius 3 is 2.31 bits per heavy atom. The molecule has 1 N–H and O–H groups in total. The molecule has 2 rings (SSSR count). The van der Waals surface area contributed by atoms with E-state index in [4.69, 9.17) is 11.6 Å². The van der Waals surface area contributed by atoms with E-state index in [-0.39, 0.29) is 23.7 Å². The highest BCUT2D eigenvalue weighted by atomic mass is 35.5. The van der Waals surface area contributed by atoms with Crippen molar-refractivity contribution in [3.05, 3.63) is 58.9 Å². The molecule has 2 aromatic rings. The Balaban J connectivity index is 2.01. The second kappa shape index (κ2) is 10.1. The average Bonchev–Trinajstić information content (AvgIpc) is 2.67. The number of rotatable bonds is 9. The lowest BCUT2D eigenvalue weighted by atomic mass is 10.2. The number of hydrogen-bond donors (Lipinski definition) is 1. The van der Waals surface area contributed by atoms with Crippen LogP contribution in [0.1, 0.15) is 13.3 Å². The van der Waals surface area contributed by atoms with Crippen molar-refractivity contribution in [2.45, 2.75) is 18.2 Å². The molecule has 0 radical (unpaired) electrons. The largest absolute Gasteiger partial charge is 0.322 e. The molecule has 0 saturated heterocycles. The molecule has 29 heavy (non-hydrogen) atoms. The summed E-state index contributed by atoms with van der Waals surface area (Å²) < 4.78 is 64.8. The Hall–Kier alpha value is -2.10. The summed E-state index contributed by atoms with van der Waals surface area (Å²) in [4.78, 5) is 13.9. The predicted octanol–water partition coefficient (Wildman–Crippen LogP) is 3.88. The fraction of sp³-hybridized carbons (Fsp3) is 0.316. The third-order valence-corrected chi connectivity index (χ3v) is 6.03. The van der Waals surface area contributed by atoms with Crippen molar-refractivity contribution >= 4 is 33.0 Å². The number of nitrogens with one attached hydrogen (secondary N) is 1. The summed E-state index contributed by atoms with van der Waals surface area (Å²) in [5, 5.41) is 2.59. The molecule has 1 amide bonds. The molecule has 0 saturated carbocycles. The van der Waals surface area contributed by atoms with E-state index >= 15 is 0 Å². The van der Waals surface area contributed by atoms with Gasteiger partial charge in [-0.2, -0.15) is 0 Å². The van der Waals surface area contributed by atoms with Gasteiger partial charge in [-0.1, -0.05) is 18.5 Å². The molecule has 5 nitrogen and oxygen atoms in total. The lowest BCUT2D eigenvalue weighted by Gasteiger charge is -2.21. The van der Waals surface area contributed by atoms with Crippen molar-refractivity contribution in [2.75, 3.05) is 30.7 Å². The van der Waals surface area contributed by atoms with Gasteiger partial charge in [0.2, 0.25) is 5.91 Å². The molecule has 0 aromatic heterocycles. The van der Waals surface area contributed by atoms with E-state index in [0.717, 1.165) is 6.07 Å². The maximum atomic E-state index is 13.7. The number of nitrogens with zero attached hydrogens (tertiary/aromatic N) is 1. The Morgan fingerprint density at radius 2 is 1.69 bits per heavy atom. The summed E-state index contributed by atoms with van der Waals surface area (Å²) in [6.45, 7) is 2.10. The molecular weight excluding hydrogens is 429 g/mol. The van der Waals surface area contributed by atoms with Gasteiger partial charge >= 0.3 is 0 Å². The molecule has 0 aliphatic heterocycles. The first-order valence-electron chi connectivity index (χ1n) is 8.78. The Morgan fingerprint density at radius 1 is 1.03 bits per heavy atom. The summed E-state index contributed by atoms with van der Waals surface area (Å²) in [5.41, 5.74) is -0.487. The van der Waals surface area contributed by atoms with Gasteiger partial charge in [-0.15, -0.1) is 0 Å². The van der Waals surface area contributed by atoms with Gasteiger partial charge < -0.3 is 5.32 Å². The zero-order valence-corrected chi connectivity index (χ0v) is 17.2. The van der Waals surface area contributed by atoms with E-state index in [1.165, 1.54) is 24.3 Å². The second-order valence-electron chi connectivity index (χ2n) is 6.32. The second-order valence-corrected chi connectivity index (χ2v) is 8.87. The zero-order valence-electron chi connectivity index (χ0n) is 15.6. The predicted molar refractivity (Wildman–Crippen MR) is 105 cm³/mol. The minimum atomic E-state index is -3.59. The van der Waals surface area contributed by atoms with E-state index < -0.39 is 38.9 Å². The van der Waals surface area contributed by atoms with Crippen molar-refractivity contribution in [3.63, 3.8) is 0 Å². The van der Waals surface area contributed by atoms with Gasteiger partial charge in [0.05, 0.1) is 22.9 Å². The molecule has 0 fully saturated rings. The summed E-state index contributed by atoms with van der Waals surface area (Å²) >= 11 is 5.77. The molecule has 2 aromatic carbocycles. The maximum Gasteiger partial charge on any atom is 0.238 e. The number of benzene rings is 2. The first-order valence-corrected chi connectivity index (χ1v) is 10.8. The van der Waals surface area contributed by atoms with E-state index in [9.17, 15) is 26.4 Å². The van der Waals surface area contributed by atoms with Crippen molar-refractivity contribution in [2.24, 2.45) is 0 Å². The Bertz CT molecular complexity index is 969. The van der Waals surface area contributed by atoms with Crippen LogP contribution in [0, 0.1) is 17.5 Å². The maximum absolute atomic E-state index is 13.7. The molecule has 0 spiro atoms. The van der Waals surface area contributed by atoms with Crippen molar-refractivity contribution in [1.29, 1.82) is 0 Å². The van der Waals surface area contributed by atoms with Crippen LogP contribution in [0.3, 0.4) is 0 Å². The van der Waals surface area contributed by atoms with Gasteiger partial charge in [-0.05, 0) is 49.4 Å². The summed E-state index contributed by atoms with van der Waals surface area (Å²) in [5.74, 6) is -5.44. The molecule has 0 bridgehead atoms. The molecule has 0 atom stereocenters. The van der Waals surface area contributed by atoms with Crippen molar-refractivity contribution < 1.29 is 26.4 Å². The van der Waals surface area contributed by atoms with Gasteiger partial charge in [0.25, 0.3) is 0 Å². The molecule has 0 aliphatic rings. The number of halogens is 4. The lowest BCUT2D eigenvalue weighted by molar-refractivity contribution is -0.117. The number of hydrogen-bond acceptors (Lipinski definition) is 4. The number of carbonyl (C=O) groups is 1. The third-order valence-electron chi connectivity index (χ3n) is 4.07. The van der Waals surface area contributed by atoms with Crippen LogP contribution in [-0.2, 0) is 14.6 Å². The molecule has 158 valence electrons. The lowest BCUT2D eigenvalue weighted by Crippen LogP contribution is -2.37. The molecular formula is C19H20ClF3N2O3S. The highest BCUT2D eigenvalue weighted by Gasteiger charge is 2.19. The van der Waals surface area contributed by atoms with Gasteiger partial charge in [0.1, 0.15) is 0 Å². The van der Waals surface area contributed by atoms with Gasteiger partial charge in [-0.25, -0.2) is 21.6 Å². The van der Waals surface area contributed by atoms with Crippen LogP contribution in [0.4, 0.5) is 18.9 Å². The zero-order chi connectivity index (χ0) is 21.6. The molecule has 0 heterocycles. The fourth-order valence-corrected chi connectivity index (χ4v) is 4.02. The van der Waals surface area contributed by atoms with Crippen molar-refractivity contribution in [3.8, 4) is 0 Å². The van der Waals surface area contributed by atoms with Gasteiger partial charge in [0.15, 0.2) is 27.3 Å². The SMILES string of the molecule is CCCN(CCS(=O)(=O)c1ccc(Cl)cc1)CC(=O)Nc1ccc(F)c(F)c1F. The average molecular weight is 449 g/mol. The first-order chi connectivity index (χ1) is 13.6. The smallest absolute Gasteiger partial charge is 0.238 e. The molecule has 10 heteroatoms. The number of amides is 1. The normalized spacial score (nSPS) is 11.7. The Kier molecular flexibility index (Phi) is 8.06. The minimum absolute atomic E-state index is 0.0620. The first kappa shape index (κ1) is 23.2. The quantitative estimate of drug-likeness (QED) is 0.591. The third kappa shape index (κ3) is 6.45. The highest BCUT2D eigenvalue weighted by Crippen LogP contribution is 2.20. The molecule has 0 unspecified atom stereocenters.